The maximum absolute atomic E-state index is 14.1. The average molecular weight is 459 g/mol. The van der Waals surface area contributed by atoms with Crippen LogP contribution in [-0.4, -0.2) is 49.5 Å². The Balaban J connectivity index is 0.000000451. The molecule has 3 N–H and O–H groups in total. The molecule has 1 unspecified atom stereocenters. The van der Waals surface area contributed by atoms with Crippen LogP contribution in [0.1, 0.15) is 29.0 Å². The molecule has 172 valence electrons. The molecule has 1 aromatic carbocycles. The van der Waals surface area contributed by atoms with Crippen molar-refractivity contribution in [2.75, 3.05) is 6.54 Å². The Morgan fingerprint density at radius 1 is 1.28 bits per heavy atom. The molecule has 0 saturated heterocycles. The van der Waals surface area contributed by atoms with Gasteiger partial charge in [-0.3, -0.25) is 9.48 Å². The second-order valence-electron chi connectivity index (χ2n) is 6.54. The number of amides is 1. The molecule has 0 spiro atoms. The SMILES string of the molecule is CC(CNC(=O)c1cnn(C)c1-c1ccc(F)cc1F)c1ncc[nH]1.O=C(O)C(F)(F)F. The molecule has 0 aliphatic rings. The summed E-state index contributed by atoms with van der Waals surface area (Å²) >= 11 is 0. The van der Waals surface area contributed by atoms with Crippen LogP contribution in [0, 0.1) is 11.6 Å². The number of halogens is 5. The molecule has 3 aromatic rings. The number of hydrogen-bond donors (Lipinski definition) is 3. The van der Waals surface area contributed by atoms with Crippen molar-refractivity contribution in [3.8, 4) is 11.3 Å². The lowest BCUT2D eigenvalue weighted by atomic mass is 10.1. The van der Waals surface area contributed by atoms with Gasteiger partial charge in [-0.05, 0) is 12.1 Å². The number of rotatable bonds is 5. The molecule has 0 fully saturated rings. The highest BCUT2D eigenvalue weighted by molar-refractivity contribution is 6.00. The number of carbonyl (C=O) groups is 2. The monoisotopic (exact) mass is 459 g/mol. The summed E-state index contributed by atoms with van der Waals surface area (Å²) in [6.07, 6.45) is -0.362. The lowest BCUT2D eigenvalue weighted by Gasteiger charge is -2.11. The van der Waals surface area contributed by atoms with Gasteiger partial charge in [-0.2, -0.15) is 18.3 Å². The van der Waals surface area contributed by atoms with E-state index in [-0.39, 0.29) is 23.0 Å². The third-order valence-corrected chi connectivity index (χ3v) is 4.17. The second-order valence-corrected chi connectivity index (χ2v) is 6.54. The van der Waals surface area contributed by atoms with Crippen molar-refractivity contribution in [3.63, 3.8) is 0 Å². The number of carboxylic acid groups (broad SMARTS) is 1. The topological polar surface area (TPSA) is 113 Å². The zero-order valence-electron chi connectivity index (χ0n) is 16.7. The molecule has 8 nitrogen and oxygen atoms in total. The van der Waals surface area contributed by atoms with Gasteiger partial charge in [-0.25, -0.2) is 18.6 Å². The molecule has 0 saturated carbocycles. The van der Waals surface area contributed by atoms with Gasteiger partial charge in [0.2, 0.25) is 0 Å². The number of aryl methyl sites for hydroxylation is 1. The molecule has 1 amide bonds. The molecular formula is C19H18F5N5O3. The first-order chi connectivity index (χ1) is 14.9. The van der Waals surface area contributed by atoms with Gasteiger partial charge in [0.25, 0.3) is 5.91 Å². The predicted molar refractivity (Wildman–Crippen MR) is 102 cm³/mol. The Bertz CT molecular complexity index is 1080. The van der Waals surface area contributed by atoms with Gasteiger partial charge in [-0.15, -0.1) is 0 Å². The molecule has 1 atom stereocenters. The van der Waals surface area contributed by atoms with Gasteiger partial charge in [-0.1, -0.05) is 6.92 Å². The molecule has 3 rings (SSSR count). The highest BCUT2D eigenvalue weighted by atomic mass is 19.4. The predicted octanol–water partition coefficient (Wildman–Crippen LogP) is 3.26. The number of imidazole rings is 1. The summed E-state index contributed by atoms with van der Waals surface area (Å²) in [4.78, 5) is 28.5. The second kappa shape index (κ2) is 10.0. The minimum absolute atomic E-state index is 0.0124. The lowest BCUT2D eigenvalue weighted by molar-refractivity contribution is -0.192. The summed E-state index contributed by atoms with van der Waals surface area (Å²) in [6, 6.07) is 3.22. The van der Waals surface area contributed by atoms with E-state index in [0.29, 0.717) is 12.2 Å². The normalized spacial score (nSPS) is 12.0. The first kappa shape index (κ1) is 24.5. The number of alkyl halides is 3. The number of carboxylic acids is 1. The molecule has 0 radical (unpaired) electrons. The Hall–Kier alpha value is -3.77. The molecule has 2 aromatic heterocycles. The molecule has 0 aliphatic carbocycles. The van der Waals surface area contributed by atoms with Crippen LogP contribution in [0.25, 0.3) is 11.3 Å². The zero-order chi connectivity index (χ0) is 24.1. The van der Waals surface area contributed by atoms with Crippen LogP contribution in [-0.2, 0) is 11.8 Å². The molecule has 0 aliphatic heterocycles. The first-order valence-electron chi connectivity index (χ1n) is 8.96. The van der Waals surface area contributed by atoms with E-state index in [1.165, 1.54) is 16.9 Å². The molecule has 2 heterocycles. The van der Waals surface area contributed by atoms with E-state index in [9.17, 15) is 26.7 Å². The van der Waals surface area contributed by atoms with Gasteiger partial charge in [0.05, 0.1) is 17.5 Å². The van der Waals surface area contributed by atoms with Crippen molar-refractivity contribution in [1.82, 2.24) is 25.1 Å². The number of nitrogens with one attached hydrogen (secondary N) is 2. The number of aliphatic carboxylic acids is 1. The van der Waals surface area contributed by atoms with Crippen LogP contribution in [0.4, 0.5) is 22.0 Å². The number of nitrogens with zero attached hydrogens (tertiary/aromatic N) is 3. The summed E-state index contributed by atoms with van der Waals surface area (Å²) in [5.74, 6) is -3.82. The fourth-order valence-corrected chi connectivity index (χ4v) is 2.59. The Labute approximate surface area is 178 Å². The number of H-pyrrole nitrogens is 1. The quantitative estimate of drug-likeness (QED) is 0.507. The molecule has 32 heavy (non-hydrogen) atoms. The Kier molecular flexibility index (Phi) is 7.67. The number of aromatic nitrogens is 4. The number of carbonyl (C=O) groups excluding carboxylic acids is 1. The largest absolute Gasteiger partial charge is 0.490 e. The average Bonchev–Trinajstić information content (AvgIpc) is 3.36. The maximum atomic E-state index is 14.1. The van der Waals surface area contributed by atoms with Gasteiger partial charge in [0.1, 0.15) is 17.5 Å². The van der Waals surface area contributed by atoms with E-state index in [0.717, 1.165) is 18.0 Å². The smallest absolute Gasteiger partial charge is 0.475 e. The van der Waals surface area contributed by atoms with Crippen molar-refractivity contribution in [3.05, 3.63) is 59.8 Å². The van der Waals surface area contributed by atoms with Crippen LogP contribution in [0.2, 0.25) is 0 Å². The van der Waals surface area contributed by atoms with E-state index in [4.69, 9.17) is 9.90 Å². The third-order valence-electron chi connectivity index (χ3n) is 4.17. The first-order valence-corrected chi connectivity index (χ1v) is 8.96. The summed E-state index contributed by atoms with van der Waals surface area (Å²) in [7, 11) is 1.60. The van der Waals surface area contributed by atoms with Crippen molar-refractivity contribution in [2.45, 2.75) is 19.0 Å². The number of hydrogen-bond acceptors (Lipinski definition) is 4. The fourth-order valence-electron chi connectivity index (χ4n) is 2.59. The summed E-state index contributed by atoms with van der Waals surface area (Å²) in [5, 5.41) is 13.9. The maximum Gasteiger partial charge on any atom is 0.490 e. The van der Waals surface area contributed by atoms with Crippen LogP contribution >= 0.6 is 0 Å². The highest BCUT2D eigenvalue weighted by Gasteiger charge is 2.38. The van der Waals surface area contributed by atoms with E-state index in [2.05, 4.69) is 20.4 Å². The van der Waals surface area contributed by atoms with Crippen molar-refractivity contribution in [2.24, 2.45) is 7.05 Å². The summed E-state index contributed by atoms with van der Waals surface area (Å²) < 4.78 is 60.4. The van der Waals surface area contributed by atoms with Gasteiger partial charge in [0.15, 0.2) is 0 Å². The third kappa shape index (κ3) is 6.12. The van der Waals surface area contributed by atoms with Crippen LogP contribution in [0.5, 0.6) is 0 Å². The number of benzene rings is 1. The Morgan fingerprint density at radius 3 is 2.47 bits per heavy atom. The zero-order valence-corrected chi connectivity index (χ0v) is 16.7. The molecule has 0 bridgehead atoms. The van der Waals surface area contributed by atoms with Gasteiger partial charge < -0.3 is 15.4 Å². The van der Waals surface area contributed by atoms with Gasteiger partial charge in [0, 0.05) is 43.5 Å². The minimum Gasteiger partial charge on any atom is -0.475 e. The van der Waals surface area contributed by atoms with Crippen LogP contribution in [0.15, 0.2) is 36.8 Å². The van der Waals surface area contributed by atoms with Crippen molar-refractivity contribution >= 4 is 11.9 Å². The van der Waals surface area contributed by atoms with Crippen LogP contribution in [0.3, 0.4) is 0 Å². The van der Waals surface area contributed by atoms with E-state index in [1.807, 2.05) is 6.92 Å². The molecule has 13 heteroatoms. The van der Waals surface area contributed by atoms with Crippen LogP contribution < -0.4 is 5.32 Å². The summed E-state index contributed by atoms with van der Waals surface area (Å²) in [5.41, 5.74) is 0.630. The Morgan fingerprint density at radius 2 is 1.94 bits per heavy atom. The highest BCUT2D eigenvalue weighted by Crippen LogP contribution is 2.26. The van der Waals surface area contributed by atoms with Gasteiger partial charge >= 0.3 is 12.1 Å². The minimum atomic E-state index is -5.08. The van der Waals surface area contributed by atoms with E-state index < -0.39 is 23.8 Å². The van der Waals surface area contributed by atoms with Crippen molar-refractivity contribution in [1.29, 1.82) is 0 Å². The standard InChI is InChI=1S/C17H17F2N5O.C2HF3O2/c1-10(16-20-5-6-21-16)8-22-17(25)13-9-23-24(2)15(13)12-4-3-11(18)7-14(12)19;3-2(4,5)1(6)7/h3-7,9-10H,8H2,1-2H3,(H,20,21)(H,22,25);(H,6,7). The van der Waals surface area contributed by atoms with E-state index >= 15 is 0 Å². The fraction of sp³-hybridized carbons (Fsp3) is 0.263. The number of aromatic amines is 1. The van der Waals surface area contributed by atoms with E-state index in [1.54, 1.807) is 19.4 Å². The van der Waals surface area contributed by atoms with Crippen molar-refractivity contribution < 1.29 is 36.6 Å². The molecular weight excluding hydrogens is 441 g/mol. The lowest BCUT2D eigenvalue weighted by Crippen LogP contribution is -2.28. The summed E-state index contributed by atoms with van der Waals surface area (Å²) in [6.45, 7) is 2.27.